The van der Waals surface area contributed by atoms with Gasteiger partial charge in [0, 0.05) is 18.2 Å². The summed E-state index contributed by atoms with van der Waals surface area (Å²) in [5.74, 6) is 0.181. The SMILES string of the molecule is CNc1ccccc1C(C)(C)C(C)=O. The molecular formula is C12H17NO. The molecule has 2 heteroatoms. The molecule has 0 aromatic heterocycles. The first-order valence-corrected chi connectivity index (χ1v) is 4.78. The molecule has 0 aliphatic rings. The van der Waals surface area contributed by atoms with E-state index >= 15 is 0 Å². The van der Waals surface area contributed by atoms with Crippen LogP contribution in [-0.2, 0) is 10.2 Å². The lowest BCUT2D eigenvalue weighted by Crippen LogP contribution is -2.27. The number of rotatable bonds is 3. The number of benzene rings is 1. The third kappa shape index (κ3) is 1.79. The molecule has 1 rings (SSSR count). The van der Waals surface area contributed by atoms with Gasteiger partial charge >= 0.3 is 0 Å². The third-order valence-corrected chi connectivity index (χ3v) is 2.75. The second kappa shape index (κ2) is 3.82. The van der Waals surface area contributed by atoms with Crippen molar-refractivity contribution in [3.05, 3.63) is 29.8 Å². The quantitative estimate of drug-likeness (QED) is 0.795. The molecule has 2 nitrogen and oxygen atoms in total. The third-order valence-electron chi connectivity index (χ3n) is 2.75. The number of carbonyl (C=O) groups is 1. The van der Waals surface area contributed by atoms with E-state index in [4.69, 9.17) is 0 Å². The Morgan fingerprint density at radius 1 is 1.29 bits per heavy atom. The zero-order valence-corrected chi connectivity index (χ0v) is 9.22. The molecule has 14 heavy (non-hydrogen) atoms. The van der Waals surface area contributed by atoms with Crippen LogP contribution in [0.25, 0.3) is 0 Å². The molecule has 0 atom stereocenters. The molecule has 1 aromatic rings. The van der Waals surface area contributed by atoms with Crippen LogP contribution in [0.3, 0.4) is 0 Å². The van der Waals surface area contributed by atoms with Crippen molar-refractivity contribution in [2.24, 2.45) is 0 Å². The van der Waals surface area contributed by atoms with E-state index in [-0.39, 0.29) is 5.78 Å². The predicted octanol–water partition coefficient (Wildman–Crippen LogP) is 2.59. The molecule has 0 radical (unpaired) electrons. The summed E-state index contributed by atoms with van der Waals surface area (Å²) in [5, 5.41) is 3.10. The van der Waals surface area contributed by atoms with Crippen molar-refractivity contribution in [2.75, 3.05) is 12.4 Å². The van der Waals surface area contributed by atoms with Gasteiger partial charge in [0.15, 0.2) is 0 Å². The van der Waals surface area contributed by atoms with Crippen molar-refractivity contribution in [1.82, 2.24) is 0 Å². The highest BCUT2D eigenvalue weighted by Gasteiger charge is 2.27. The summed E-state index contributed by atoms with van der Waals surface area (Å²) < 4.78 is 0. The summed E-state index contributed by atoms with van der Waals surface area (Å²) >= 11 is 0. The van der Waals surface area contributed by atoms with Crippen molar-refractivity contribution in [1.29, 1.82) is 0 Å². The molecule has 76 valence electrons. The molecule has 0 aliphatic carbocycles. The summed E-state index contributed by atoms with van der Waals surface area (Å²) in [6, 6.07) is 7.90. The fourth-order valence-electron chi connectivity index (χ4n) is 1.44. The van der Waals surface area contributed by atoms with Gasteiger partial charge in [-0.05, 0) is 32.4 Å². The lowest BCUT2D eigenvalue weighted by Gasteiger charge is -2.24. The number of carbonyl (C=O) groups excluding carboxylic acids is 1. The lowest BCUT2D eigenvalue weighted by atomic mass is 9.80. The molecule has 0 unspecified atom stereocenters. The minimum absolute atomic E-state index is 0.181. The Morgan fingerprint density at radius 2 is 1.86 bits per heavy atom. The Labute approximate surface area is 85.3 Å². The summed E-state index contributed by atoms with van der Waals surface area (Å²) in [4.78, 5) is 11.5. The fraction of sp³-hybridized carbons (Fsp3) is 0.417. The molecular weight excluding hydrogens is 174 g/mol. The Hall–Kier alpha value is -1.31. The van der Waals surface area contributed by atoms with Gasteiger partial charge in [-0.3, -0.25) is 4.79 Å². The monoisotopic (exact) mass is 191 g/mol. The zero-order valence-electron chi connectivity index (χ0n) is 9.22. The molecule has 0 spiro atoms. The van der Waals surface area contributed by atoms with Gasteiger partial charge in [-0.2, -0.15) is 0 Å². The largest absolute Gasteiger partial charge is 0.388 e. The van der Waals surface area contributed by atoms with E-state index < -0.39 is 5.41 Å². The van der Waals surface area contributed by atoms with E-state index in [1.165, 1.54) is 0 Å². The van der Waals surface area contributed by atoms with Crippen molar-refractivity contribution in [3.8, 4) is 0 Å². The Kier molecular flexibility index (Phi) is 2.94. The maximum atomic E-state index is 11.5. The first kappa shape index (κ1) is 10.8. The van der Waals surface area contributed by atoms with E-state index in [2.05, 4.69) is 5.32 Å². The fourth-order valence-corrected chi connectivity index (χ4v) is 1.44. The normalized spacial score (nSPS) is 11.1. The summed E-state index contributed by atoms with van der Waals surface area (Å²) in [6.07, 6.45) is 0. The number of anilines is 1. The molecule has 1 N–H and O–H groups in total. The molecule has 0 fully saturated rings. The van der Waals surface area contributed by atoms with E-state index in [0.717, 1.165) is 11.3 Å². The average molecular weight is 191 g/mol. The van der Waals surface area contributed by atoms with Crippen molar-refractivity contribution in [2.45, 2.75) is 26.2 Å². The van der Waals surface area contributed by atoms with Crippen LogP contribution in [0.4, 0.5) is 5.69 Å². The van der Waals surface area contributed by atoms with Gasteiger partial charge < -0.3 is 5.32 Å². The maximum Gasteiger partial charge on any atom is 0.139 e. The topological polar surface area (TPSA) is 29.1 Å². The molecule has 0 saturated carbocycles. The van der Waals surface area contributed by atoms with Gasteiger partial charge in [0.2, 0.25) is 0 Å². The standard InChI is InChI=1S/C12H17NO/c1-9(14)12(2,3)10-7-5-6-8-11(10)13-4/h5-8,13H,1-4H3. The van der Waals surface area contributed by atoms with Crippen LogP contribution in [0, 0.1) is 0 Å². The number of Topliss-reactive ketones (excluding diaryl/α,β-unsaturated/α-hetero) is 1. The van der Waals surface area contributed by atoms with Gasteiger partial charge in [-0.15, -0.1) is 0 Å². The molecule has 0 aliphatic heterocycles. The van der Waals surface area contributed by atoms with Crippen molar-refractivity contribution >= 4 is 11.5 Å². The molecule has 0 heterocycles. The number of hydrogen-bond acceptors (Lipinski definition) is 2. The van der Waals surface area contributed by atoms with Crippen LogP contribution in [0.1, 0.15) is 26.3 Å². The number of nitrogens with one attached hydrogen (secondary N) is 1. The molecule has 0 bridgehead atoms. The summed E-state index contributed by atoms with van der Waals surface area (Å²) in [5.41, 5.74) is 1.65. The van der Waals surface area contributed by atoms with Gasteiger partial charge in [-0.1, -0.05) is 18.2 Å². The maximum absolute atomic E-state index is 11.5. The van der Waals surface area contributed by atoms with Gasteiger partial charge in [0.05, 0.1) is 0 Å². The predicted molar refractivity (Wildman–Crippen MR) is 59.7 cm³/mol. The highest BCUT2D eigenvalue weighted by Crippen LogP contribution is 2.30. The Bertz CT molecular complexity index is 342. The highest BCUT2D eigenvalue weighted by atomic mass is 16.1. The van der Waals surface area contributed by atoms with Crippen LogP contribution in [0.15, 0.2) is 24.3 Å². The molecule has 0 amide bonds. The van der Waals surface area contributed by atoms with Crippen LogP contribution in [0.2, 0.25) is 0 Å². The van der Waals surface area contributed by atoms with Crippen LogP contribution in [-0.4, -0.2) is 12.8 Å². The van der Waals surface area contributed by atoms with Crippen LogP contribution >= 0.6 is 0 Å². The highest BCUT2D eigenvalue weighted by molar-refractivity contribution is 5.88. The minimum Gasteiger partial charge on any atom is -0.388 e. The van der Waals surface area contributed by atoms with Gasteiger partial charge in [-0.25, -0.2) is 0 Å². The van der Waals surface area contributed by atoms with Crippen molar-refractivity contribution in [3.63, 3.8) is 0 Å². The van der Waals surface area contributed by atoms with E-state index in [0.29, 0.717) is 0 Å². The van der Waals surface area contributed by atoms with E-state index in [1.54, 1.807) is 6.92 Å². The number of ketones is 1. The molecule has 1 aromatic carbocycles. The smallest absolute Gasteiger partial charge is 0.139 e. The Morgan fingerprint density at radius 3 is 2.36 bits per heavy atom. The first-order chi connectivity index (χ1) is 6.50. The molecule has 0 saturated heterocycles. The Balaban J connectivity index is 3.24. The van der Waals surface area contributed by atoms with Crippen LogP contribution in [0.5, 0.6) is 0 Å². The summed E-state index contributed by atoms with van der Waals surface area (Å²) in [7, 11) is 1.87. The minimum atomic E-state index is -0.417. The van der Waals surface area contributed by atoms with E-state index in [1.807, 2.05) is 45.2 Å². The van der Waals surface area contributed by atoms with Crippen molar-refractivity contribution < 1.29 is 4.79 Å². The average Bonchev–Trinajstić information content (AvgIpc) is 2.17. The first-order valence-electron chi connectivity index (χ1n) is 4.78. The second-order valence-corrected chi connectivity index (χ2v) is 3.98. The number of para-hydroxylation sites is 1. The van der Waals surface area contributed by atoms with Gasteiger partial charge in [0.25, 0.3) is 0 Å². The second-order valence-electron chi connectivity index (χ2n) is 3.98. The van der Waals surface area contributed by atoms with Gasteiger partial charge in [0.1, 0.15) is 5.78 Å². The van der Waals surface area contributed by atoms with E-state index in [9.17, 15) is 4.79 Å². The summed E-state index contributed by atoms with van der Waals surface area (Å²) in [6.45, 7) is 5.53. The zero-order chi connectivity index (χ0) is 10.8. The lowest BCUT2D eigenvalue weighted by molar-refractivity contribution is -0.121. The number of hydrogen-bond donors (Lipinski definition) is 1. The van der Waals surface area contributed by atoms with Crippen LogP contribution < -0.4 is 5.32 Å².